The molecule has 0 saturated heterocycles. The molecule has 0 unspecified atom stereocenters. The van der Waals surface area contributed by atoms with Crippen molar-refractivity contribution in [2.24, 2.45) is 4.99 Å². The normalized spacial score (nSPS) is 14.1. The number of ether oxygens (including phenoxy) is 1. The summed E-state index contributed by atoms with van der Waals surface area (Å²) in [6, 6.07) is 0. The number of hydrogen-bond acceptors (Lipinski definition) is 4. The highest BCUT2D eigenvalue weighted by molar-refractivity contribution is 14.0. The summed E-state index contributed by atoms with van der Waals surface area (Å²) in [5.74, 6) is 3.19. The van der Waals surface area contributed by atoms with Crippen LogP contribution in [0.25, 0.3) is 0 Å². The van der Waals surface area contributed by atoms with Gasteiger partial charge in [0.2, 0.25) is 0 Å². The number of halogens is 1. The Balaban J connectivity index is 0.00000392. The lowest BCUT2D eigenvalue weighted by molar-refractivity contribution is 0.129. The molecule has 0 saturated carbocycles. The molecule has 28 heavy (non-hydrogen) atoms. The van der Waals surface area contributed by atoms with Crippen LogP contribution in [0, 0.1) is 0 Å². The molecule has 7 nitrogen and oxygen atoms in total. The fourth-order valence-corrected chi connectivity index (χ4v) is 3.23. The van der Waals surface area contributed by atoms with E-state index in [9.17, 15) is 0 Å². The molecule has 0 amide bonds. The Morgan fingerprint density at radius 2 is 1.93 bits per heavy atom. The van der Waals surface area contributed by atoms with Gasteiger partial charge in [0.25, 0.3) is 0 Å². The topological polar surface area (TPSA) is 76.4 Å². The Morgan fingerprint density at radius 3 is 2.75 bits per heavy atom. The summed E-state index contributed by atoms with van der Waals surface area (Å²) in [5, 5.41) is 15.5. The number of unbranched alkanes of at least 4 members (excludes halogenated alkanes) is 1. The second-order valence-electron chi connectivity index (χ2n) is 7.11. The molecule has 162 valence electrons. The first-order chi connectivity index (χ1) is 13.3. The number of rotatable bonds is 12. The molecule has 0 radical (unpaired) electrons. The number of aliphatic imine (C=N–C) groups is 1. The number of nitrogens with one attached hydrogen (secondary N) is 2. The van der Waals surface area contributed by atoms with Crippen molar-refractivity contribution in [2.75, 3.05) is 32.8 Å². The average molecular weight is 506 g/mol. The highest BCUT2D eigenvalue weighted by Crippen LogP contribution is 2.15. The van der Waals surface area contributed by atoms with Crippen molar-refractivity contribution in [3.8, 4) is 0 Å². The Hall–Kier alpha value is -0.900. The van der Waals surface area contributed by atoms with E-state index in [1.807, 2.05) is 0 Å². The van der Waals surface area contributed by atoms with Crippen LogP contribution in [-0.2, 0) is 24.1 Å². The van der Waals surface area contributed by atoms with E-state index in [1.165, 1.54) is 31.5 Å². The van der Waals surface area contributed by atoms with Gasteiger partial charge in [0.15, 0.2) is 5.96 Å². The number of guanidine groups is 1. The molecule has 0 aliphatic carbocycles. The van der Waals surface area contributed by atoms with Gasteiger partial charge in [-0.25, -0.2) is 0 Å². The van der Waals surface area contributed by atoms with Crippen LogP contribution in [0.4, 0.5) is 0 Å². The Morgan fingerprint density at radius 1 is 1.07 bits per heavy atom. The third kappa shape index (κ3) is 9.54. The number of aromatic nitrogens is 3. The predicted molar refractivity (Wildman–Crippen MR) is 126 cm³/mol. The molecule has 1 aliphatic heterocycles. The number of fused-ring (bicyclic) bond motifs is 1. The summed E-state index contributed by atoms with van der Waals surface area (Å²) in [7, 11) is 0. The van der Waals surface area contributed by atoms with Gasteiger partial charge in [-0.05, 0) is 39.0 Å². The third-order valence-electron chi connectivity index (χ3n) is 4.76. The lowest BCUT2D eigenvalue weighted by Gasteiger charge is -2.11. The maximum Gasteiger partial charge on any atom is 0.191 e. The van der Waals surface area contributed by atoms with Gasteiger partial charge in [-0.3, -0.25) is 4.99 Å². The highest BCUT2D eigenvalue weighted by atomic mass is 127. The molecule has 2 N–H and O–H groups in total. The van der Waals surface area contributed by atoms with Gasteiger partial charge < -0.3 is 19.9 Å². The van der Waals surface area contributed by atoms with Gasteiger partial charge in [0.05, 0.1) is 0 Å². The molecular formula is C20H39IN6O. The summed E-state index contributed by atoms with van der Waals surface area (Å²) in [6.07, 6.45) is 10.1. The summed E-state index contributed by atoms with van der Waals surface area (Å²) in [5.41, 5.74) is 0. The van der Waals surface area contributed by atoms with E-state index in [1.54, 1.807) is 0 Å². The van der Waals surface area contributed by atoms with E-state index in [0.717, 1.165) is 83.3 Å². The van der Waals surface area contributed by atoms with Crippen molar-refractivity contribution in [1.82, 2.24) is 25.4 Å². The van der Waals surface area contributed by atoms with Crippen molar-refractivity contribution in [3.05, 3.63) is 11.6 Å². The van der Waals surface area contributed by atoms with Crippen LogP contribution in [-0.4, -0.2) is 53.6 Å². The third-order valence-corrected chi connectivity index (χ3v) is 4.76. The van der Waals surface area contributed by atoms with Crippen LogP contribution >= 0.6 is 24.0 Å². The maximum atomic E-state index is 5.59. The first kappa shape index (κ1) is 25.1. The van der Waals surface area contributed by atoms with Crippen LogP contribution in [0.1, 0.15) is 70.4 Å². The summed E-state index contributed by atoms with van der Waals surface area (Å²) >= 11 is 0. The van der Waals surface area contributed by atoms with Crippen LogP contribution in [0.2, 0.25) is 0 Å². The zero-order valence-corrected chi connectivity index (χ0v) is 20.0. The van der Waals surface area contributed by atoms with Crippen LogP contribution < -0.4 is 10.6 Å². The molecule has 2 heterocycles. The Bertz CT molecular complexity index is 549. The van der Waals surface area contributed by atoms with E-state index in [0.29, 0.717) is 0 Å². The number of hydrogen-bond donors (Lipinski definition) is 2. The van der Waals surface area contributed by atoms with Gasteiger partial charge in [-0.15, -0.1) is 34.2 Å². The van der Waals surface area contributed by atoms with E-state index in [2.05, 4.69) is 44.2 Å². The first-order valence-electron chi connectivity index (χ1n) is 10.9. The lowest BCUT2D eigenvalue weighted by atomic mass is 10.2. The van der Waals surface area contributed by atoms with E-state index < -0.39 is 0 Å². The standard InChI is InChI=1S/C20H38N6O.HI/c1-3-5-16-27-17-10-14-23-20(21-4-2)22-13-9-12-19-25-24-18-11-7-6-8-15-26(18)19;/h3-17H2,1-2H3,(H2,21,22,23);1H. The fourth-order valence-electron chi connectivity index (χ4n) is 3.23. The van der Waals surface area contributed by atoms with Gasteiger partial charge >= 0.3 is 0 Å². The minimum Gasteiger partial charge on any atom is -0.381 e. The first-order valence-corrected chi connectivity index (χ1v) is 10.9. The molecule has 0 bridgehead atoms. The van der Waals surface area contributed by atoms with Gasteiger partial charge in [0.1, 0.15) is 11.6 Å². The zero-order valence-electron chi connectivity index (χ0n) is 17.7. The fraction of sp³-hybridized carbons (Fsp3) is 0.850. The molecule has 0 fully saturated rings. The Labute approximate surface area is 187 Å². The van der Waals surface area contributed by atoms with Gasteiger partial charge in [0, 0.05) is 52.2 Å². The molecule has 1 aliphatic rings. The average Bonchev–Trinajstić information content (AvgIpc) is 2.90. The van der Waals surface area contributed by atoms with Crippen molar-refractivity contribution < 1.29 is 4.74 Å². The molecular weight excluding hydrogens is 467 g/mol. The van der Waals surface area contributed by atoms with Crippen LogP contribution in [0.15, 0.2) is 4.99 Å². The van der Waals surface area contributed by atoms with E-state index in [4.69, 9.17) is 4.74 Å². The lowest BCUT2D eigenvalue weighted by Crippen LogP contribution is -2.38. The molecule has 0 atom stereocenters. The van der Waals surface area contributed by atoms with Crippen molar-refractivity contribution in [1.29, 1.82) is 0 Å². The molecule has 2 rings (SSSR count). The van der Waals surface area contributed by atoms with E-state index in [-0.39, 0.29) is 24.0 Å². The molecule has 1 aromatic rings. The van der Waals surface area contributed by atoms with Gasteiger partial charge in [-0.1, -0.05) is 19.8 Å². The zero-order chi connectivity index (χ0) is 19.2. The summed E-state index contributed by atoms with van der Waals surface area (Å²) in [6.45, 7) is 9.59. The highest BCUT2D eigenvalue weighted by Gasteiger charge is 2.13. The summed E-state index contributed by atoms with van der Waals surface area (Å²) < 4.78 is 7.93. The van der Waals surface area contributed by atoms with Gasteiger partial charge in [-0.2, -0.15) is 0 Å². The molecule has 1 aromatic heterocycles. The minimum absolute atomic E-state index is 0. The van der Waals surface area contributed by atoms with Crippen molar-refractivity contribution in [2.45, 2.75) is 78.2 Å². The number of nitrogens with zero attached hydrogens (tertiary/aromatic N) is 4. The second-order valence-corrected chi connectivity index (χ2v) is 7.11. The monoisotopic (exact) mass is 506 g/mol. The second kappa shape index (κ2) is 16.0. The molecule has 0 aromatic carbocycles. The maximum absolute atomic E-state index is 5.59. The quantitative estimate of drug-likeness (QED) is 0.197. The van der Waals surface area contributed by atoms with Crippen LogP contribution in [0.5, 0.6) is 0 Å². The van der Waals surface area contributed by atoms with E-state index >= 15 is 0 Å². The van der Waals surface area contributed by atoms with Crippen LogP contribution in [0.3, 0.4) is 0 Å². The summed E-state index contributed by atoms with van der Waals surface area (Å²) in [4.78, 5) is 4.69. The van der Waals surface area contributed by atoms with Crippen molar-refractivity contribution in [3.63, 3.8) is 0 Å². The largest absolute Gasteiger partial charge is 0.381 e. The van der Waals surface area contributed by atoms with Crippen molar-refractivity contribution >= 4 is 29.9 Å². The number of aryl methyl sites for hydroxylation is 2. The minimum atomic E-state index is 0. The predicted octanol–water partition coefficient (Wildman–Crippen LogP) is 3.32. The Kier molecular flexibility index (Phi) is 14.3. The SMILES string of the molecule is CCCCOCCCNC(=NCCCc1nnc2n1CCCCC2)NCC.I. The molecule has 0 spiro atoms. The smallest absolute Gasteiger partial charge is 0.191 e. The molecule has 8 heteroatoms.